The van der Waals surface area contributed by atoms with E-state index in [0.717, 1.165) is 23.3 Å². The SMILES string of the molecule is COC(=O)C1CN(CCOc2ccc(Br)cc2)CCO1. The van der Waals surface area contributed by atoms with Gasteiger partial charge in [0, 0.05) is 24.1 Å². The molecular weight excluding hydrogens is 326 g/mol. The summed E-state index contributed by atoms with van der Waals surface area (Å²) in [6.07, 6.45) is -0.485. The first-order valence-corrected chi connectivity index (χ1v) is 7.28. The molecule has 0 bridgehead atoms. The number of morpholine rings is 1. The van der Waals surface area contributed by atoms with Crippen LogP contribution in [0.1, 0.15) is 0 Å². The van der Waals surface area contributed by atoms with E-state index in [9.17, 15) is 4.79 Å². The second kappa shape index (κ2) is 7.61. The van der Waals surface area contributed by atoms with Crippen LogP contribution in [0.2, 0.25) is 0 Å². The van der Waals surface area contributed by atoms with Crippen molar-refractivity contribution in [3.8, 4) is 5.75 Å². The summed E-state index contributed by atoms with van der Waals surface area (Å²) in [6.45, 7) is 3.23. The number of nitrogens with zero attached hydrogens (tertiary/aromatic N) is 1. The predicted molar refractivity (Wildman–Crippen MR) is 77.8 cm³/mol. The van der Waals surface area contributed by atoms with Crippen LogP contribution < -0.4 is 4.74 Å². The van der Waals surface area contributed by atoms with Crippen LogP contribution in [-0.2, 0) is 14.3 Å². The van der Waals surface area contributed by atoms with Crippen LogP contribution in [0.3, 0.4) is 0 Å². The maximum atomic E-state index is 11.4. The van der Waals surface area contributed by atoms with E-state index < -0.39 is 6.10 Å². The Balaban J connectivity index is 1.73. The fraction of sp³-hybridized carbons (Fsp3) is 0.500. The standard InChI is InChI=1S/C14H18BrNO4/c1-18-14(17)13-10-16(7-9-20-13)6-8-19-12-4-2-11(15)3-5-12/h2-5,13H,6-10H2,1H3. The number of esters is 1. The van der Waals surface area contributed by atoms with Crippen molar-refractivity contribution in [1.29, 1.82) is 0 Å². The Morgan fingerprint density at radius 3 is 2.90 bits per heavy atom. The molecule has 5 nitrogen and oxygen atoms in total. The summed E-state index contributed by atoms with van der Waals surface area (Å²) in [5.74, 6) is 0.523. The molecule has 1 atom stereocenters. The third-order valence-corrected chi connectivity index (χ3v) is 3.63. The van der Waals surface area contributed by atoms with E-state index >= 15 is 0 Å². The van der Waals surface area contributed by atoms with E-state index in [1.807, 2.05) is 24.3 Å². The molecule has 6 heteroatoms. The lowest BCUT2D eigenvalue weighted by Crippen LogP contribution is -2.47. The van der Waals surface area contributed by atoms with Crippen LogP contribution in [-0.4, -0.2) is 56.9 Å². The molecule has 1 aliphatic rings. The molecule has 0 N–H and O–H groups in total. The minimum absolute atomic E-state index is 0.316. The zero-order valence-electron chi connectivity index (χ0n) is 11.4. The van der Waals surface area contributed by atoms with Gasteiger partial charge in [-0.1, -0.05) is 15.9 Å². The highest BCUT2D eigenvalue weighted by atomic mass is 79.9. The van der Waals surface area contributed by atoms with Gasteiger partial charge in [-0.05, 0) is 24.3 Å². The Hall–Kier alpha value is -1.11. The Kier molecular flexibility index (Phi) is 5.82. The summed E-state index contributed by atoms with van der Waals surface area (Å²) in [7, 11) is 1.38. The maximum Gasteiger partial charge on any atom is 0.336 e. The van der Waals surface area contributed by atoms with E-state index in [0.29, 0.717) is 19.8 Å². The quantitative estimate of drug-likeness (QED) is 0.761. The van der Waals surface area contributed by atoms with Gasteiger partial charge in [-0.25, -0.2) is 4.79 Å². The van der Waals surface area contributed by atoms with Crippen molar-refractivity contribution >= 4 is 21.9 Å². The Morgan fingerprint density at radius 2 is 2.20 bits per heavy atom. The van der Waals surface area contributed by atoms with Gasteiger partial charge in [0.25, 0.3) is 0 Å². The van der Waals surface area contributed by atoms with Gasteiger partial charge in [0.15, 0.2) is 6.10 Å². The number of ether oxygens (including phenoxy) is 3. The molecular formula is C14H18BrNO4. The third kappa shape index (κ3) is 4.47. The monoisotopic (exact) mass is 343 g/mol. The van der Waals surface area contributed by atoms with Crippen LogP contribution in [0.15, 0.2) is 28.7 Å². The maximum absolute atomic E-state index is 11.4. The summed E-state index contributed by atoms with van der Waals surface area (Å²) in [4.78, 5) is 13.6. The number of methoxy groups -OCH3 is 1. The zero-order chi connectivity index (χ0) is 14.4. The van der Waals surface area contributed by atoms with E-state index in [4.69, 9.17) is 14.2 Å². The van der Waals surface area contributed by atoms with Crippen molar-refractivity contribution in [1.82, 2.24) is 4.90 Å². The molecule has 1 aliphatic heterocycles. The minimum atomic E-state index is -0.485. The number of hydrogen-bond donors (Lipinski definition) is 0. The smallest absolute Gasteiger partial charge is 0.336 e. The molecule has 1 saturated heterocycles. The first-order valence-electron chi connectivity index (χ1n) is 6.49. The van der Waals surface area contributed by atoms with Gasteiger partial charge < -0.3 is 14.2 Å². The van der Waals surface area contributed by atoms with Gasteiger partial charge >= 0.3 is 5.97 Å². The van der Waals surface area contributed by atoms with Crippen molar-refractivity contribution in [2.24, 2.45) is 0 Å². The second-order valence-corrected chi connectivity index (χ2v) is 5.40. The Morgan fingerprint density at radius 1 is 1.45 bits per heavy atom. The molecule has 0 aliphatic carbocycles. The normalized spacial score (nSPS) is 19.6. The number of halogens is 1. The lowest BCUT2D eigenvalue weighted by molar-refractivity contribution is -0.159. The van der Waals surface area contributed by atoms with Crippen LogP contribution in [0, 0.1) is 0 Å². The molecule has 0 spiro atoms. The van der Waals surface area contributed by atoms with Gasteiger partial charge in [0.05, 0.1) is 13.7 Å². The second-order valence-electron chi connectivity index (χ2n) is 4.49. The largest absolute Gasteiger partial charge is 0.492 e. The third-order valence-electron chi connectivity index (χ3n) is 3.10. The van der Waals surface area contributed by atoms with Crippen molar-refractivity contribution < 1.29 is 19.0 Å². The summed E-state index contributed by atoms with van der Waals surface area (Å²) >= 11 is 3.38. The summed E-state index contributed by atoms with van der Waals surface area (Å²) in [5.41, 5.74) is 0. The summed E-state index contributed by atoms with van der Waals surface area (Å²) < 4.78 is 16.8. The Labute approximate surface area is 126 Å². The van der Waals surface area contributed by atoms with E-state index in [-0.39, 0.29) is 5.97 Å². The van der Waals surface area contributed by atoms with Crippen molar-refractivity contribution in [2.75, 3.05) is 40.0 Å². The van der Waals surface area contributed by atoms with Gasteiger partial charge in [-0.2, -0.15) is 0 Å². The highest BCUT2D eigenvalue weighted by molar-refractivity contribution is 9.10. The molecule has 1 heterocycles. The zero-order valence-corrected chi connectivity index (χ0v) is 13.0. The molecule has 1 fully saturated rings. The number of carbonyl (C=O) groups excluding carboxylic acids is 1. The molecule has 20 heavy (non-hydrogen) atoms. The topological polar surface area (TPSA) is 48.0 Å². The molecule has 0 aromatic heterocycles. The van der Waals surface area contributed by atoms with Crippen LogP contribution >= 0.6 is 15.9 Å². The molecule has 0 amide bonds. The molecule has 0 saturated carbocycles. The first kappa shape index (κ1) is 15.3. The molecule has 110 valence electrons. The number of benzene rings is 1. The van der Waals surface area contributed by atoms with E-state index in [1.165, 1.54) is 7.11 Å². The van der Waals surface area contributed by atoms with Gasteiger partial charge in [0.2, 0.25) is 0 Å². The number of carbonyl (C=O) groups is 1. The molecule has 0 radical (unpaired) electrons. The lowest BCUT2D eigenvalue weighted by atomic mass is 10.3. The molecule has 1 aromatic carbocycles. The van der Waals surface area contributed by atoms with Gasteiger partial charge in [0.1, 0.15) is 12.4 Å². The number of hydrogen-bond acceptors (Lipinski definition) is 5. The van der Waals surface area contributed by atoms with Crippen molar-refractivity contribution in [3.05, 3.63) is 28.7 Å². The summed E-state index contributed by atoms with van der Waals surface area (Å²) in [6, 6.07) is 7.72. The number of rotatable bonds is 5. The average molecular weight is 344 g/mol. The lowest BCUT2D eigenvalue weighted by Gasteiger charge is -2.31. The molecule has 1 aromatic rings. The highest BCUT2D eigenvalue weighted by Gasteiger charge is 2.26. The van der Waals surface area contributed by atoms with Gasteiger partial charge in [-0.15, -0.1) is 0 Å². The van der Waals surface area contributed by atoms with Crippen LogP contribution in [0.4, 0.5) is 0 Å². The van der Waals surface area contributed by atoms with Crippen molar-refractivity contribution in [3.63, 3.8) is 0 Å². The fourth-order valence-electron chi connectivity index (χ4n) is 2.00. The van der Waals surface area contributed by atoms with E-state index in [2.05, 4.69) is 20.8 Å². The van der Waals surface area contributed by atoms with Crippen LogP contribution in [0.25, 0.3) is 0 Å². The summed E-state index contributed by atoms with van der Waals surface area (Å²) in [5, 5.41) is 0. The predicted octanol–water partition coefficient (Wildman–Crippen LogP) is 1.70. The average Bonchev–Trinajstić information content (AvgIpc) is 2.49. The molecule has 1 unspecified atom stereocenters. The van der Waals surface area contributed by atoms with E-state index in [1.54, 1.807) is 0 Å². The highest BCUT2D eigenvalue weighted by Crippen LogP contribution is 2.16. The Bertz CT molecular complexity index is 437. The van der Waals surface area contributed by atoms with Crippen LogP contribution in [0.5, 0.6) is 5.75 Å². The van der Waals surface area contributed by atoms with Gasteiger partial charge in [-0.3, -0.25) is 4.90 Å². The van der Waals surface area contributed by atoms with Crippen molar-refractivity contribution in [2.45, 2.75) is 6.10 Å². The first-order chi connectivity index (χ1) is 9.69. The fourth-order valence-corrected chi connectivity index (χ4v) is 2.27. The minimum Gasteiger partial charge on any atom is -0.492 e. The molecule has 2 rings (SSSR count).